The second kappa shape index (κ2) is 27.7. The summed E-state index contributed by atoms with van der Waals surface area (Å²) in [7, 11) is 3.88. The molecule has 1 unspecified atom stereocenters. The summed E-state index contributed by atoms with van der Waals surface area (Å²) in [5.74, 6) is -3.31. The minimum Gasteiger partial charge on any atom is -0.379 e. The number of carbonyl (C=O) groups is 5. The second-order valence-electron chi connectivity index (χ2n) is 18.4. The van der Waals surface area contributed by atoms with E-state index in [1.54, 1.807) is 28.7 Å². The molecular weight excluding hydrogens is 884 g/mol. The van der Waals surface area contributed by atoms with Gasteiger partial charge in [-0.2, -0.15) is 0 Å². The highest BCUT2D eigenvalue weighted by Crippen LogP contribution is 2.43. The summed E-state index contributed by atoms with van der Waals surface area (Å²) in [4.78, 5) is 78.4. The van der Waals surface area contributed by atoms with Gasteiger partial charge in [-0.25, -0.2) is 0 Å². The van der Waals surface area contributed by atoms with Crippen LogP contribution in [-0.4, -0.2) is 160 Å². The minimum atomic E-state index is -2.22. The number of hydrogen-bond donors (Lipinski definition) is 2. The largest absolute Gasteiger partial charge is 0.533 e. The van der Waals surface area contributed by atoms with E-state index in [0.29, 0.717) is 38.8 Å². The number of amides is 5. The molecule has 1 saturated carbocycles. The summed E-state index contributed by atoms with van der Waals surface area (Å²) in [5.41, 5.74) is 9.27. The van der Waals surface area contributed by atoms with E-state index in [1.807, 2.05) is 58.0 Å². The highest BCUT2D eigenvalue weighted by atomic mass is 31.1. The van der Waals surface area contributed by atoms with Gasteiger partial charge < -0.3 is 44.3 Å². The Hall–Kier alpha value is -4.22. The maximum atomic E-state index is 14.6. The topological polar surface area (TPSA) is 231 Å². The molecule has 12 atom stereocenters. The molecule has 0 aromatic heterocycles. The highest BCUT2D eigenvalue weighted by molar-refractivity contribution is 7.40. The van der Waals surface area contributed by atoms with Gasteiger partial charge in [-0.3, -0.25) is 24.0 Å². The van der Waals surface area contributed by atoms with E-state index in [2.05, 4.69) is 20.7 Å². The number of azide groups is 1. The standard InChI is InChI=1S/C47H75N8O11P/c1-10-31(4)42(37(62-7)29-40(57)54-22-14-17-36(54)44(63-8)32(5)45(58)50-38(67(61)64-9)27-33-15-12-11-13-16-33)53(6)47(60)41(30(2)3)51-46(59)43-34-18-19-35(28-34)55(43)39(56)20-23-65-25-26-66-24-21-49-52-48/h11-13,15-16,30-32,34-38,41-44H,10,14,17-29H2,1-9H3,(H-,50,51,58,59)/p+1/t31-,32+,34-,35+,36-,37+,38+,41-,42-,43-,44+/m0/s1. The number of benzene rings is 1. The fraction of sp³-hybridized carbons (Fsp3) is 0.766. The van der Waals surface area contributed by atoms with Gasteiger partial charge >= 0.3 is 8.03 Å². The number of ether oxygens (including phenoxy) is 4. The highest BCUT2D eigenvalue weighted by Gasteiger charge is 2.52. The van der Waals surface area contributed by atoms with E-state index in [0.717, 1.165) is 24.8 Å². The van der Waals surface area contributed by atoms with E-state index in [9.17, 15) is 28.5 Å². The zero-order valence-electron chi connectivity index (χ0n) is 41.0. The molecule has 374 valence electrons. The lowest BCUT2D eigenvalue weighted by atomic mass is 9.89. The normalized spacial score (nSPS) is 22.3. The van der Waals surface area contributed by atoms with Gasteiger partial charge in [0.2, 0.25) is 29.5 Å². The third kappa shape index (κ3) is 14.9. The monoisotopic (exact) mass is 960 g/mol. The van der Waals surface area contributed by atoms with Gasteiger partial charge in [0.25, 0.3) is 5.78 Å². The van der Waals surface area contributed by atoms with Crippen LogP contribution in [0.5, 0.6) is 0 Å². The summed E-state index contributed by atoms with van der Waals surface area (Å²) in [6, 6.07) is 6.79. The molecule has 67 heavy (non-hydrogen) atoms. The molecule has 3 fully saturated rings. The van der Waals surface area contributed by atoms with Gasteiger partial charge in [0.15, 0.2) is 0 Å². The van der Waals surface area contributed by atoms with Crippen LogP contribution in [-0.2, 0) is 58.4 Å². The van der Waals surface area contributed by atoms with Crippen LogP contribution in [0.2, 0.25) is 0 Å². The zero-order valence-corrected chi connectivity index (χ0v) is 41.9. The van der Waals surface area contributed by atoms with Gasteiger partial charge in [0.1, 0.15) is 12.1 Å². The first-order valence-corrected chi connectivity index (χ1v) is 25.1. The number of piperidine rings is 1. The van der Waals surface area contributed by atoms with Crippen molar-refractivity contribution in [2.24, 2.45) is 28.8 Å². The van der Waals surface area contributed by atoms with Crippen molar-refractivity contribution in [3.05, 3.63) is 46.3 Å². The van der Waals surface area contributed by atoms with Crippen molar-refractivity contribution in [1.29, 1.82) is 0 Å². The molecule has 1 aliphatic carbocycles. The smallest absolute Gasteiger partial charge is 0.379 e. The molecule has 2 N–H and O–H groups in total. The summed E-state index contributed by atoms with van der Waals surface area (Å²) < 4.78 is 41.1. The summed E-state index contributed by atoms with van der Waals surface area (Å²) in [5, 5.41) is 9.40. The van der Waals surface area contributed by atoms with Crippen molar-refractivity contribution >= 4 is 37.6 Å². The van der Waals surface area contributed by atoms with Gasteiger partial charge in [-0.15, -0.1) is 4.52 Å². The summed E-state index contributed by atoms with van der Waals surface area (Å²) in [6.07, 6.45) is 3.34. The Morgan fingerprint density at radius 2 is 1.64 bits per heavy atom. The minimum absolute atomic E-state index is 0.0144. The molecule has 0 spiro atoms. The Kier molecular flexibility index (Phi) is 22.9. The first-order chi connectivity index (χ1) is 32.1. The molecular formula is C47H76N8O11P+. The third-order valence-electron chi connectivity index (χ3n) is 13.9. The fourth-order valence-corrected chi connectivity index (χ4v) is 11.0. The molecule has 5 amide bonds. The Morgan fingerprint density at radius 3 is 2.27 bits per heavy atom. The average Bonchev–Trinajstić information content (AvgIpc) is 4.10. The van der Waals surface area contributed by atoms with E-state index in [-0.39, 0.29) is 92.5 Å². The molecule has 0 radical (unpaired) electrons. The summed E-state index contributed by atoms with van der Waals surface area (Å²) in [6.45, 7) is 11.2. The van der Waals surface area contributed by atoms with Crippen LogP contribution in [0.3, 0.4) is 0 Å². The van der Waals surface area contributed by atoms with Crippen LogP contribution in [0.25, 0.3) is 10.4 Å². The molecule has 20 heteroatoms. The van der Waals surface area contributed by atoms with E-state index in [4.69, 9.17) is 29.0 Å². The van der Waals surface area contributed by atoms with Crippen molar-refractivity contribution < 1.29 is 52.0 Å². The van der Waals surface area contributed by atoms with Crippen molar-refractivity contribution in [1.82, 2.24) is 25.3 Å². The van der Waals surface area contributed by atoms with Crippen LogP contribution >= 0.6 is 8.03 Å². The Balaban J connectivity index is 1.42. The van der Waals surface area contributed by atoms with Crippen molar-refractivity contribution in [3.8, 4) is 0 Å². The molecule has 19 nitrogen and oxygen atoms in total. The SMILES string of the molecule is CC[C@H](C)[C@@H]([C@@H](CC(=O)N1CCC[C@H]1[C@H](OC)[C@@H](C)C(=O)N[C@@H](Cc1ccccc1)[P+](=O)OC)OC)N(C)C(=O)[C@@H](NC(=O)[C@@H]1[C@H]2CC[C@H](C2)N1C(=O)CCOCCOCCN=[N+]=[N-])C(C)C. The van der Waals surface area contributed by atoms with Gasteiger partial charge in [-0.1, -0.05) is 76.5 Å². The number of nitrogens with zero attached hydrogens (tertiary/aromatic N) is 6. The third-order valence-corrected chi connectivity index (χ3v) is 15.1. The number of carbonyl (C=O) groups excluding carboxylic acids is 5. The molecule has 1 aromatic rings. The van der Waals surface area contributed by atoms with Crippen LogP contribution in [0.4, 0.5) is 0 Å². The van der Waals surface area contributed by atoms with Gasteiger partial charge in [0, 0.05) is 51.7 Å². The molecule has 2 aliphatic heterocycles. The molecule has 3 aliphatic rings. The molecule has 2 heterocycles. The quantitative estimate of drug-likeness (QED) is 0.0347. The number of nitrogens with one attached hydrogen (secondary N) is 2. The van der Waals surface area contributed by atoms with Crippen LogP contribution in [0.1, 0.15) is 91.5 Å². The van der Waals surface area contributed by atoms with Crippen LogP contribution in [0.15, 0.2) is 35.4 Å². The molecule has 2 bridgehead atoms. The predicted octanol–water partition coefficient (Wildman–Crippen LogP) is 5.23. The first-order valence-electron chi connectivity index (χ1n) is 23.9. The van der Waals surface area contributed by atoms with Crippen LogP contribution < -0.4 is 10.6 Å². The maximum Gasteiger partial charge on any atom is 0.533 e. The number of fused-ring (bicyclic) bond motifs is 2. The molecule has 4 rings (SSSR count). The van der Waals surface area contributed by atoms with Gasteiger partial charge in [0.05, 0.1) is 76.6 Å². The Bertz CT molecular complexity index is 1840. The summed E-state index contributed by atoms with van der Waals surface area (Å²) >= 11 is 0. The van der Waals surface area contributed by atoms with E-state index in [1.165, 1.54) is 21.3 Å². The second-order valence-corrected chi connectivity index (χ2v) is 20.0. The predicted molar refractivity (Wildman–Crippen MR) is 252 cm³/mol. The first kappa shape index (κ1) is 55.4. The number of methoxy groups -OCH3 is 2. The lowest BCUT2D eigenvalue weighted by Gasteiger charge is -2.41. The Morgan fingerprint density at radius 1 is 0.940 bits per heavy atom. The van der Waals surface area contributed by atoms with Crippen molar-refractivity contribution in [2.75, 3.05) is 67.9 Å². The van der Waals surface area contributed by atoms with Crippen LogP contribution in [0, 0.1) is 23.7 Å². The lowest BCUT2D eigenvalue weighted by molar-refractivity contribution is -0.149. The average molecular weight is 960 g/mol. The van der Waals surface area contributed by atoms with Crippen molar-refractivity contribution in [2.45, 2.75) is 141 Å². The fourth-order valence-electron chi connectivity index (χ4n) is 10.2. The zero-order chi connectivity index (χ0) is 49.2. The molecule has 1 aromatic carbocycles. The number of rotatable bonds is 29. The number of likely N-dealkylation sites (tertiary alicyclic amines) is 2. The van der Waals surface area contributed by atoms with E-state index < -0.39 is 56.1 Å². The lowest BCUT2D eigenvalue weighted by Crippen LogP contribution is -2.60. The Labute approximate surface area is 397 Å². The maximum absolute atomic E-state index is 14.6. The van der Waals surface area contributed by atoms with E-state index >= 15 is 0 Å². The van der Waals surface area contributed by atoms with Crippen molar-refractivity contribution in [3.63, 3.8) is 0 Å². The number of likely N-dealkylation sites (N-methyl/N-ethyl adjacent to an activating group) is 1. The molecule has 2 saturated heterocycles. The number of hydrogen-bond acceptors (Lipinski definition) is 12. The van der Waals surface area contributed by atoms with Gasteiger partial charge in [-0.05, 0) is 65.5 Å².